The van der Waals surface area contributed by atoms with Gasteiger partial charge in [-0.3, -0.25) is 14.9 Å². The quantitative estimate of drug-likeness (QED) is 0.464. The molecule has 0 atom stereocenters. The van der Waals surface area contributed by atoms with E-state index in [1.165, 1.54) is 37.5 Å². The number of rotatable bonds is 7. The Morgan fingerprint density at radius 3 is 2.62 bits per heavy atom. The van der Waals surface area contributed by atoms with Crippen LogP contribution in [0.3, 0.4) is 0 Å². The number of non-ortho nitro benzene ring substituents is 1. The number of nitriles is 1. The molecule has 0 spiro atoms. The van der Waals surface area contributed by atoms with Crippen molar-refractivity contribution in [1.29, 1.82) is 5.26 Å². The van der Waals surface area contributed by atoms with E-state index in [0.717, 1.165) is 0 Å². The fraction of sp³-hybridized carbons (Fsp3) is 0.111. The molecule has 0 saturated carbocycles. The van der Waals surface area contributed by atoms with E-state index in [2.05, 4.69) is 5.32 Å². The maximum absolute atomic E-state index is 11.9. The van der Waals surface area contributed by atoms with Crippen LogP contribution in [0, 0.1) is 21.4 Å². The number of nitrogens with one attached hydrogen (secondary N) is 1. The number of ether oxygens (including phenoxy) is 2. The molecule has 132 valence electrons. The first kappa shape index (κ1) is 18.5. The maximum atomic E-state index is 11.9. The molecule has 2 aromatic rings. The molecule has 1 amide bonds. The molecule has 0 unspecified atom stereocenters. The summed E-state index contributed by atoms with van der Waals surface area (Å²) in [5, 5.41) is 21.8. The van der Waals surface area contributed by atoms with Gasteiger partial charge in [0.25, 0.3) is 5.69 Å². The highest BCUT2D eigenvalue weighted by Gasteiger charge is 2.06. The van der Waals surface area contributed by atoms with E-state index in [0.29, 0.717) is 22.7 Å². The van der Waals surface area contributed by atoms with Crippen LogP contribution in [0.25, 0.3) is 6.08 Å². The summed E-state index contributed by atoms with van der Waals surface area (Å²) >= 11 is 0. The Kier molecular flexibility index (Phi) is 6.28. The van der Waals surface area contributed by atoms with E-state index in [4.69, 9.17) is 14.7 Å². The smallest absolute Gasteiger partial charge is 0.269 e. The first-order valence-corrected chi connectivity index (χ1v) is 7.45. The Morgan fingerprint density at radius 1 is 1.27 bits per heavy atom. The largest absolute Gasteiger partial charge is 0.493 e. The fourth-order valence-electron chi connectivity index (χ4n) is 2.04. The second-order valence-corrected chi connectivity index (χ2v) is 4.98. The minimum Gasteiger partial charge on any atom is -0.493 e. The van der Waals surface area contributed by atoms with Crippen molar-refractivity contribution in [2.24, 2.45) is 0 Å². The lowest BCUT2D eigenvalue weighted by Crippen LogP contribution is -2.07. The number of hydrogen-bond acceptors (Lipinski definition) is 6. The molecule has 0 heterocycles. The number of carbonyl (C=O) groups is 1. The minimum absolute atomic E-state index is 0.0515. The van der Waals surface area contributed by atoms with E-state index >= 15 is 0 Å². The van der Waals surface area contributed by atoms with Gasteiger partial charge in [0.1, 0.15) is 6.07 Å². The standard InChI is InChI=1S/C18H15N3O5/c1-25-17-12-13(2-8-16(17)26-11-10-19)3-9-18(22)20-14-4-6-15(7-5-14)21(23)24/h2-9,12H,11H2,1H3,(H,20,22)/b9-3+. The molecule has 8 nitrogen and oxygen atoms in total. The van der Waals surface area contributed by atoms with Crippen molar-refractivity contribution in [3.05, 3.63) is 64.2 Å². The monoisotopic (exact) mass is 353 g/mol. The normalized spacial score (nSPS) is 10.2. The lowest BCUT2D eigenvalue weighted by atomic mass is 10.2. The molecule has 0 radical (unpaired) electrons. The fourth-order valence-corrected chi connectivity index (χ4v) is 2.04. The van der Waals surface area contributed by atoms with Crippen LogP contribution in [-0.4, -0.2) is 24.5 Å². The SMILES string of the molecule is COc1cc(/C=C/C(=O)Nc2ccc([N+](=O)[O-])cc2)ccc1OCC#N. The highest BCUT2D eigenvalue weighted by Crippen LogP contribution is 2.28. The number of benzene rings is 2. The Morgan fingerprint density at radius 2 is 2.00 bits per heavy atom. The van der Waals surface area contributed by atoms with Crippen molar-refractivity contribution < 1.29 is 19.2 Å². The summed E-state index contributed by atoms with van der Waals surface area (Å²) in [5.41, 5.74) is 1.09. The van der Waals surface area contributed by atoms with Crippen LogP contribution in [0.2, 0.25) is 0 Å². The van der Waals surface area contributed by atoms with Crippen LogP contribution in [-0.2, 0) is 4.79 Å². The van der Waals surface area contributed by atoms with Gasteiger partial charge in [0.15, 0.2) is 18.1 Å². The van der Waals surface area contributed by atoms with Crippen molar-refractivity contribution in [2.45, 2.75) is 0 Å². The van der Waals surface area contributed by atoms with Crippen LogP contribution < -0.4 is 14.8 Å². The van der Waals surface area contributed by atoms with Crippen LogP contribution >= 0.6 is 0 Å². The third-order valence-electron chi connectivity index (χ3n) is 3.25. The Bertz CT molecular complexity index is 869. The van der Waals surface area contributed by atoms with Crippen molar-refractivity contribution in [3.8, 4) is 17.6 Å². The number of nitro benzene ring substituents is 1. The number of methoxy groups -OCH3 is 1. The van der Waals surface area contributed by atoms with Crippen LogP contribution in [0.1, 0.15) is 5.56 Å². The van der Waals surface area contributed by atoms with Gasteiger partial charge in [0, 0.05) is 23.9 Å². The molecule has 1 N–H and O–H groups in total. The lowest BCUT2D eigenvalue weighted by molar-refractivity contribution is -0.384. The molecule has 0 bridgehead atoms. The zero-order valence-corrected chi connectivity index (χ0v) is 13.8. The van der Waals surface area contributed by atoms with Gasteiger partial charge in [-0.1, -0.05) is 6.07 Å². The maximum Gasteiger partial charge on any atom is 0.269 e. The third kappa shape index (κ3) is 5.07. The summed E-state index contributed by atoms with van der Waals surface area (Å²) in [4.78, 5) is 22.0. The molecule has 0 fully saturated rings. The first-order valence-electron chi connectivity index (χ1n) is 7.45. The molecular weight excluding hydrogens is 338 g/mol. The van der Waals surface area contributed by atoms with E-state index in [-0.39, 0.29) is 18.2 Å². The van der Waals surface area contributed by atoms with Gasteiger partial charge in [-0.15, -0.1) is 0 Å². The predicted octanol–water partition coefficient (Wildman–Crippen LogP) is 3.16. The van der Waals surface area contributed by atoms with Gasteiger partial charge in [0.2, 0.25) is 5.91 Å². The molecule has 8 heteroatoms. The molecule has 0 saturated heterocycles. The second kappa shape index (κ2) is 8.84. The Labute approximate surface area is 149 Å². The molecule has 2 rings (SSSR count). The number of amides is 1. The third-order valence-corrected chi connectivity index (χ3v) is 3.25. The molecule has 0 aromatic heterocycles. The zero-order valence-electron chi connectivity index (χ0n) is 13.8. The lowest BCUT2D eigenvalue weighted by Gasteiger charge is -2.08. The van der Waals surface area contributed by atoms with Gasteiger partial charge in [0.05, 0.1) is 12.0 Å². The Balaban J connectivity index is 2.03. The number of nitrogens with zero attached hydrogens (tertiary/aromatic N) is 2. The van der Waals surface area contributed by atoms with Gasteiger partial charge >= 0.3 is 0 Å². The van der Waals surface area contributed by atoms with Crippen LogP contribution in [0.15, 0.2) is 48.5 Å². The number of nitro groups is 1. The van der Waals surface area contributed by atoms with Crippen molar-refractivity contribution in [1.82, 2.24) is 0 Å². The average molecular weight is 353 g/mol. The topological polar surface area (TPSA) is 114 Å². The van der Waals surface area contributed by atoms with Gasteiger partial charge in [-0.25, -0.2) is 0 Å². The Hall–Kier alpha value is -3.86. The summed E-state index contributed by atoms with van der Waals surface area (Å²) < 4.78 is 10.4. The highest BCUT2D eigenvalue weighted by atomic mass is 16.6. The zero-order chi connectivity index (χ0) is 18.9. The van der Waals surface area contributed by atoms with Crippen LogP contribution in [0.4, 0.5) is 11.4 Å². The highest BCUT2D eigenvalue weighted by molar-refractivity contribution is 6.02. The average Bonchev–Trinajstić information content (AvgIpc) is 2.65. The molecule has 2 aromatic carbocycles. The molecule has 0 aliphatic carbocycles. The van der Waals surface area contributed by atoms with E-state index in [1.54, 1.807) is 24.3 Å². The van der Waals surface area contributed by atoms with Crippen molar-refractivity contribution in [2.75, 3.05) is 19.0 Å². The van der Waals surface area contributed by atoms with Crippen molar-refractivity contribution in [3.63, 3.8) is 0 Å². The number of hydrogen-bond donors (Lipinski definition) is 1. The second-order valence-electron chi connectivity index (χ2n) is 4.98. The number of carbonyl (C=O) groups excluding carboxylic acids is 1. The van der Waals surface area contributed by atoms with E-state index < -0.39 is 4.92 Å². The summed E-state index contributed by atoms with van der Waals surface area (Å²) in [7, 11) is 1.48. The molecular formula is C18H15N3O5. The summed E-state index contributed by atoms with van der Waals surface area (Å²) in [5.74, 6) is 0.488. The van der Waals surface area contributed by atoms with E-state index in [1.807, 2.05) is 6.07 Å². The minimum atomic E-state index is -0.511. The summed E-state index contributed by atoms with van der Waals surface area (Å²) in [6.45, 7) is -0.0941. The van der Waals surface area contributed by atoms with E-state index in [9.17, 15) is 14.9 Å². The molecule has 0 aliphatic rings. The molecule has 26 heavy (non-hydrogen) atoms. The van der Waals surface area contributed by atoms with Gasteiger partial charge in [-0.05, 0) is 35.9 Å². The molecule has 0 aliphatic heterocycles. The van der Waals surface area contributed by atoms with Crippen LogP contribution in [0.5, 0.6) is 11.5 Å². The van der Waals surface area contributed by atoms with Gasteiger partial charge in [-0.2, -0.15) is 5.26 Å². The number of anilines is 1. The summed E-state index contributed by atoms with van der Waals surface area (Å²) in [6, 6.07) is 12.4. The summed E-state index contributed by atoms with van der Waals surface area (Å²) in [6.07, 6.45) is 2.91. The predicted molar refractivity (Wildman–Crippen MR) is 94.9 cm³/mol. The van der Waals surface area contributed by atoms with Crippen molar-refractivity contribution >= 4 is 23.4 Å². The van der Waals surface area contributed by atoms with Gasteiger partial charge < -0.3 is 14.8 Å². The first-order chi connectivity index (χ1) is 12.5.